The van der Waals surface area contributed by atoms with Crippen molar-refractivity contribution in [3.05, 3.63) is 77.6 Å². The van der Waals surface area contributed by atoms with Crippen LogP contribution in [-0.2, 0) is 6.42 Å². The zero-order valence-corrected chi connectivity index (χ0v) is 15.4. The van der Waals surface area contributed by atoms with E-state index in [-0.39, 0.29) is 6.04 Å². The lowest BCUT2D eigenvalue weighted by molar-refractivity contribution is 0.433. The number of benzene rings is 2. The van der Waals surface area contributed by atoms with E-state index in [0.29, 0.717) is 12.4 Å². The molecule has 2 aromatic heterocycles. The van der Waals surface area contributed by atoms with E-state index in [1.807, 2.05) is 54.7 Å². The summed E-state index contributed by atoms with van der Waals surface area (Å²) in [5.41, 5.74) is 9.14. The quantitative estimate of drug-likeness (QED) is 0.515. The Morgan fingerprint density at radius 1 is 1.04 bits per heavy atom. The van der Waals surface area contributed by atoms with Crippen LogP contribution in [0.3, 0.4) is 0 Å². The average Bonchev–Trinajstić information content (AvgIpc) is 3.17. The molecule has 4 rings (SSSR count). The monoisotopic (exact) mass is 378 g/mol. The molecule has 1 atom stereocenters. The molecule has 0 aliphatic rings. The number of hydrogen-bond donors (Lipinski definition) is 2. The summed E-state index contributed by atoms with van der Waals surface area (Å²) in [4.78, 5) is 4.13. The van der Waals surface area contributed by atoms with Crippen molar-refractivity contribution in [3.8, 4) is 11.3 Å². The molecule has 0 aliphatic heterocycles. The maximum absolute atomic E-state index is 6.21. The highest BCUT2D eigenvalue weighted by Gasteiger charge is 2.09. The van der Waals surface area contributed by atoms with Gasteiger partial charge >= 0.3 is 0 Å². The van der Waals surface area contributed by atoms with Gasteiger partial charge in [0, 0.05) is 47.0 Å². The Morgan fingerprint density at radius 3 is 2.74 bits per heavy atom. The standard InChI is InChI=1S/C21H19ClN4O/c22-18-5-1-14(2-6-18)9-19(23)13-25-21-11-20(26-27-21)16-3-4-17-12-24-8-7-15(17)10-16/h1-8,10-12,19,25H,9,13,23H2/t19-/m0/s1. The highest BCUT2D eigenvalue weighted by Crippen LogP contribution is 2.25. The predicted molar refractivity (Wildman–Crippen MR) is 109 cm³/mol. The van der Waals surface area contributed by atoms with Crippen molar-refractivity contribution >= 4 is 28.3 Å². The third-order valence-electron chi connectivity index (χ3n) is 4.40. The molecule has 27 heavy (non-hydrogen) atoms. The number of rotatable bonds is 6. The molecule has 0 radical (unpaired) electrons. The second-order valence-electron chi connectivity index (χ2n) is 6.49. The van der Waals surface area contributed by atoms with Crippen LogP contribution in [-0.4, -0.2) is 22.7 Å². The molecule has 0 amide bonds. The number of fused-ring (bicyclic) bond motifs is 1. The smallest absolute Gasteiger partial charge is 0.225 e. The Morgan fingerprint density at radius 2 is 1.89 bits per heavy atom. The van der Waals surface area contributed by atoms with Gasteiger partial charge in [-0.15, -0.1) is 0 Å². The second kappa shape index (κ2) is 7.78. The first-order chi connectivity index (χ1) is 13.2. The highest BCUT2D eigenvalue weighted by atomic mass is 35.5. The lowest BCUT2D eigenvalue weighted by Crippen LogP contribution is -2.31. The lowest BCUT2D eigenvalue weighted by Gasteiger charge is -2.11. The number of aromatic nitrogens is 2. The summed E-state index contributed by atoms with van der Waals surface area (Å²) in [5, 5.41) is 10.3. The topological polar surface area (TPSA) is 77.0 Å². The van der Waals surface area contributed by atoms with Gasteiger partial charge in [0.25, 0.3) is 0 Å². The summed E-state index contributed by atoms with van der Waals surface area (Å²) in [5.74, 6) is 0.603. The van der Waals surface area contributed by atoms with Crippen molar-refractivity contribution in [2.24, 2.45) is 5.73 Å². The molecule has 0 spiro atoms. The molecule has 6 heteroatoms. The van der Waals surface area contributed by atoms with Crippen LogP contribution in [0.4, 0.5) is 5.88 Å². The summed E-state index contributed by atoms with van der Waals surface area (Å²) in [6.07, 6.45) is 4.38. The van der Waals surface area contributed by atoms with Gasteiger partial charge in [0.05, 0.1) is 0 Å². The van der Waals surface area contributed by atoms with Crippen molar-refractivity contribution in [3.63, 3.8) is 0 Å². The molecule has 5 nitrogen and oxygen atoms in total. The minimum Gasteiger partial charge on any atom is -0.352 e. The normalized spacial score (nSPS) is 12.2. The average molecular weight is 379 g/mol. The first-order valence-electron chi connectivity index (χ1n) is 8.72. The van der Waals surface area contributed by atoms with Crippen LogP contribution < -0.4 is 11.1 Å². The van der Waals surface area contributed by atoms with Crippen molar-refractivity contribution in [1.82, 2.24) is 10.1 Å². The molecule has 4 aromatic rings. The molecule has 0 saturated heterocycles. The van der Waals surface area contributed by atoms with E-state index in [4.69, 9.17) is 21.9 Å². The maximum Gasteiger partial charge on any atom is 0.225 e. The van der Waals surface area contributed by atoms with E-state index >= 15 is 0 Å². The van der Waals surface area contributed by atoms with E-state index < -0.39 is 0 Å². The predicted octanol–water partition coefficient (Wildman–Crippen LogP) is 4.53. The van der Waals surface area contributed by atoms with Gasteiger partial charge in [0.1, 0.15) is 5.69 Å². The Kier molecular flexibility index (Phi) is 5.05. The highest BCUT2D eigenvalue weighted by molar-refractivity contribution is 6.30. The molecule has 0 saturated carbocycles. The molecular formula is C21H19ClN4O. The third kappa shape index (κ3) is 4.27. The molecule has 3 N–H and O–H groups in total. The van der Waals surface area contributed by atoms with Crippen LogP contribution in [0.2, 0.25) is 5.02 Å². The molecule has 2 heterocycles. The molecular weight excluding hydrogens is 360 g/mol. The SMILES string of the molecule is N[C@H](CNc1cc(-c2ccc3cnccc3c2)no1)Cc1ccc(Cl)cc1. The second-order valence-corrected chi connectivity index (χ2v) is 6.92. The van der Waals surface area contributed by atoms with Gasteiger partial charge in [-0.2, -0.15) is 0 Å². The number of hydrogen-bond acceptors (Lipinski definition) is 5. The fourth-order valence-electron chi connectivity index (χ4n) is 2.96. The zero-order valence-electron chi connectivity index (χ0n) is 14.6. The minimum absolute atomic E-state index is 0.0482. The van der Waals surface area contributed by atoms with Gasteiger partial charge < -0.3 is 15.6 Å². The van der Waals surface area contributed by atoms with Crippen LogP contribution in [0.5, 0.6) is 0 Å². The fraction of sp³-hybridized carbons (Fsp3) is 0.143. The maximum atomic E-state index is 6.21. The number of halogens is 1. The van der Waals surface area contributed by atoms with Crippen LogP contribution >= 0.6 is 11.6 Å². The Balaban J connectivity index is 1.39. The first-order valence-corrected chi connectivity index (χ1v) is 9.10. The van der Waals surface area contributed by atoms with Gasteiger partial charge in [-0.25, -0.2) is 0 Å². The van der Waals surface area contributed by atoms with Crippen molar-refractivity contribution in [1.29, 1.82) is 0 Å². The minimum atomic E-state index is -0.0482. The summed E-state index contributed by atoms with van der Waals surface area (Å²) < 4.78 is 5.40. The fourth-order valence-corrected chi connectivity index (χ4v) is 3.09. The van der Waals surface area contributed by atoms with Crippen molar-refractivity contribution in [2.45, 2.75) is 12.5 Å². The van der Waals surface area contributed by atoms with Gasteiger partial charge in [0.15, 0.2) is 0 Å². The number of nitrogens with one attached hydrogen (secondary N) is 1. The van der Waals surface area contributed by atoms with Crippen LogP contribution in [0.15, 0.2) is 71.5 Å². The molecule has 2 aromatic carbocycles. The number of nitrogens with zero attached hydrogens (tertiary/aromatic N) is 2. The van der Waals surface area contributed by atoms with E-state index in [1.165, 1.54) is 0 Å². The summed E-state index contributed by atoms with van der Waals surface area (Å²) >= 11 is 5.91. The van der Waals surface area contributed by atoms with Crippen LogP contribution in [0.1, 0.15) is 5.56 Å². The number of nitrogens with two attached hydrogens (primary N) is 1. The summed E-state index contributed by atoms with van der Waals surface area (Å²) in [6, 6.07) is 17.7. The summed E-state index contributed by atoms with van der Waals surface area (Å²) in [7, 11) is 0. The molecule has 0 unspecified atom stereocenters. The van der Waals surface area contributed by atoms with Crippen molar-refractivity contribution < 1.29 is 4.52 Å². The van der Waals surface area contributed by atoms with Gasteiger partial charge in [-0.3, -0.25) is 4.98 Å². The van der Waals surface area contributed by atoms with E-state index in [0.717, 1.165) is 39.0 Å². The van der Waals surface area contributed by atoms with E-state index in [9.17, 15) is 0 Å². The molecule has 136 valence electrons. The Hall–Kier alpha value is -2.89. The summed E-state index contributed by atoms with van der Waals surface area (Å²) in [6.45, 7) is 0.584. The number of pyridine rings is 1. The largest absolute Gasteiger partial charge is 0.352 e. The van der Waals surface area contributed by atoms with Gasteiger partial charge in [-0.1, -0.05) is 41.0 Å². The molecule has 0 aliphatic carbocycles. The zero-order chi connectivity index (χ0) is 18.6. The third-order valence-corrected chi connectivity index (χ3v) is 4.65. The van der Waals surface area contributed by atoms with Crippen LogP contribution in [0.25, 0.3) is 22.0 Å². The van der Waals surface area contributed by atoms with Crippen molar-refractivity contribution in [2.75, 3.05) is 11.9 Å². The Bertz CT molecular complexity index is 1050. The van der Waals surface area contributed by atoms with Gasteiger partial charge in [0.2, 0.25) is 5.88 Å². The van der Waals surface area contributed by atoms with Crippen LogP contribution in [0, 0.1) is 0 Å². The molecule has 0 fully saturated rings. The van der Waals surface area contributed by atoms with Gasteiger partial charge in [-0.05, 0) is 41.6 Å². The Labute approximate surface area is 162 Å². The number of anilines is 1. The lowest BCUT2D eigenvalue weighted by atomic mass is 10.1. The van der Waals surface area contributed by atoms with E-state index in [1.54, 1.807) is 6.20 Å². The first kappa shape index (κ1) is 17.5. The van der Waals surface area contributed by atoms with E-state index in [2.05, 4.69) is 21.5 Å². The molecule has 0 bridgehead atoms.